The highest BCUT2D eigenvalue weighted by molar-refractivity contribution is 6.39. The largest absolute Gasteiger partial charge is 0.453 e. The number of fused-ring (bicyclic) bond motifs is 3. The number of cyclic esters (lactones) is 1. The van der Waals surface area contributed by atoms with Gasteiger partial charge in [-0.2, -0.15) is 0 Å². The van der Waals surface area contributed by atoms with Crippen molar-refractivity contribution in [2.75, 3.05) is 20.8 Å². The first-order chi connectivity index (χ1) is 27.3. The van der Waals surface area contributed by atoms with Gasteiger partial charge in [-0.3, -0.25) is 14.4 Å². The Morgan fingerprint density at radius 1 is 0.983 bits per heavy atom. The number of esters is 1. The molecule has 0 aromatic rings. The van der Waals surface area contributed by atoms with Gasteiger partial charge in [0.05, 0.1) is 30.5 Å². The van der Waals surface area contributed by atoms with Gasteiger partial charge in [0.2, 0.25) is 5.79 Å². The summed E-state index contributed by atoms with van der Waals surface area (Å²) >= 11 is 0. The molecule has 0 aromatic carbocycles. The molecule has 58 heavy (non-hydrogen) atoms. The van der Waals surface area contributed by atoms with E-state index in [4.69, 9.17) is 23.7 Å². The molecular formula is C45H72FNO11. The van der Waals surface area contributed by atoms with E-state index in [1.807, 2.05) is 34.6 Å². The van der Waals surface area contributed by atoms with Crippen LogP contribution in [0.15, 0.2) is 23.3 Å². The zero-order valence-electron chi connectivity index (χ0n) is 36.7. The van der Waals surface area contributed by atoms with E-state index in [1.54, 1.807) is 26.8 Å². The summed E-state index contributed by atoms with van der Waals surface area (Å²) in [4.78, 5) is 57.8. The Morgan fingerprint density at radius 3 is 2.29 bits per heavy atom. The smallest absolute Gasteiger partial charge is 0.329 e. The number of aliphatic hydroxyl groups excluding tert-OH is 1. The number of nitrogens with zero attached hydrogens (tertiary/aromatic N) is 1. The number of methoxy groups -OCH3 is 2. The van der Waals surface area contributed by atoms with Crippen LogP contribution in [0.3, 0.4) is 0 Å². The van der Waals surface area contributed by atoms with Crippen molar-refractivity contribution in [1.29, 1.82) is 0 Å². The maximum Gasteiger partial charge on any atom is 0.329 e. The van der Waals surface area contributed by atoms with Crippen LogP contribution in [0.5, 0.6) is 0 Å². The van der Waals surface area contributed by atoms with E-state index in [0.717, 1.165) is 5.57 Å². The molecule has 4 aliphatic rings. The van der Waals surface area contributed by atoms with Gasteiger partial charge < -0.3 is 38.8 Å². The Labute approximate surface area is 345 Å². The maximum atomic E-state index is 16.0. The molecule has 2 saturated heterocycles. The molecule has 1 amide bonds. The predicted octanol–water partition coefficient (Wildman–Crippen LogP) is 6.37. The van der Waals surface area contributed by atoms with Crippen LogP contribution in [0.25, 0.3) is 0 Å². The fourth-order valence-corrected chi connectivity index (χ4v) is 9.77. The quantitative estimate of drug-likeness (QED) is 0.167. The average molecular weight is 822 g/mol. The number of carbonyl (C=O) groups is 4. The van der Waals surface area contributed by atoms with Gasteiger partial charge in [0.15, 0.2) is 0 Å². The number of ketones is 2. The lowest BCUT2D eigenvalue weighted by molar-refractivity contribution is -0.302. The third-order valence-corrected chi connectivity index (χ3v) is 13.5. The lowest BCUT2D eigenvalue weighted by Gasteiger charge is -2.47. The Bertz CT molecular complexity index is 1500. The van der Waals surface area contributed by atoms with Gasteiger partial charge in [-0.25, -0.2) is 9.18 Å². The second-order valence-electron chi connectivity index (χ2n) is 17.9. The first-order valence-electron chi connectivity index (χ1n) is 21.7. The third-order valence-electron chi connectivity index (χ3n) is 13.5. The molecule has 13 heteroatoms. The van der Waals surface area contributed by atoms with E-state index in [0.29, 0.717) is 50.5 Å². The number of carbonyl (C=O) groups excluding carboxylic acids is 4. The first kappa shape index (κ1) is 48.1. The number of alkyl halides is 1. The molecule has 330 valence electrons. The van der Waals surface area contributed by atoms with Gasteiger partial charge in [-0.05, 0) is 115 Å². The number of rotatable bonds is 7. The van der Waals surface area contributed by atoms with Gasteiger partial charge >= 0.3 is 5.97 Å². The number of ether oxygens (including phenoxy) is 5. The minimum absolute atomic E-state index is 0.0280. The normalized spacial score (nSPS) is 40.7. The lowest BCUT2D eigenvalue weighted by Crippen LogP contribution is -2.64. The molecule has 0 radical (unpaired) electrons. The van der Waals surface area contributed by atoms with Crippen LogP contribution in [-0.2, 0) is 42.9 Å². The fourth-order valence-electron chi connectivity index (χ4n) is 9.77. The van der Waals surface area contributed by atoms with Crippen molar-refractivity contribution < 1.29 is 57.5 Å². The van der Waals surface area contributed by atoms with Crippen LogP contribution in [0.2, 0.25) is 0 Å². The highest BCUT2D eigenvalue weighted by Gasteiger charge is 2.57. The van der Waals surface area contributed by atoms with Gasteiger partial charge in [-0.15, -0.1) is 0 Å². The summed E-state index contributed by atoms with van der Waals surface area (Å²) in [7, 11) is 2.91. The number of halogens is 1. The molecular weight excluding hydrogens is 749 g/mol. The number of allylic oxidation sites excluding steroid dienone is 3. The molecule has 3 fully saturated rings. The average Bonchev–Trinajstić information content (AvgIpc) is 3.20. The highest BCUT2D eigenvalue weighted by Crippen LogP contribution is 2.42. The monoisotopic (exact) mass is 822 g/mol. The summed E-state index contributed by atoms with van der Waals surface area (Å²) in [5, 5.41) is 22.7. The van der Waals surface area contributed by atoms with Gasteiger partial charge in [0.1, 0.15) is 29.7 Å². The number of aliphatic hydroxyl groups is 2. The van der Waals surface area contributed by atoms with Crippen LogP contribution in [0.4, 0.5) is 4.39 Å². The summed E-state index contributed by atoms with van der Waals surface area (Å²) in [6.45, 7) is 14.8. The number of piperidine rings is 1. The van der Waals surface area contributed by atoms with E-state index in [9.17, 15) is 29.4 Å². The Kier molecular flexibility index (Phi) is 17.3. The topological polar surface area (TPSA) is 158 Å². The van der Waals surface area contributed by atoms with Crippen molar-refractivity contribution in [3.63, 3.8) is 0 Å². The Balaban J connectivity index is 1.77. The van der Waals surface area contributed by atoms with Gasteiger partial charge in [-0.1, -0.05) is 39.8 Å². The minimum Gasteiger partial charge on any atom is -0.453 e. The summed E-state index contributed by atoms with van der Waals surface area (Å²) in [6, 6.07) is -1.10. The fraction of sp³-hybridized carbons (Fsp3) is 0.822. The predicted molar refractivity (Wildman–Crippen MR) is 216 cm³/mol. The molecule has 12 nitrogen and oxygen atoms in total. The van der Waals surface area contributed by atoms with Crippen molar-refractivity contribution in [1.82, 2.24) is 4.90 Å². The molecule has 0 spiro atoms. The van der Waals surface area contributed by atoms with Crippen LogP contribution in [-0.4, -0.2) is 120 Å². The lowest BCUT2D eigenvalue weighted by atomic mass is 9.75. The van der Waals surface area contributed by atoms with Crippen molar-refractivity contribution >= 4 is 23.4 Å². The zero-order valence-corrected chi connectivity index (χ0v) is 36.7. The van der Waals surface area contributed by atoms with Crippen LogP contribution >= 0.6 is 0 Å². The summed E-state index contributed by atoms with van der Waals surface area (Å²) in [6.07, 6.45) is 3.31. The highest BCUT2D eigenvalue weighted by atomic mass is 19.1. The molecule has 13 atom stereocenters. The zero-order chi connectivity index (χ0) is 43.1. The molecule has 4 rings (SSSR count). The summed E-state index contributed by atoms with van der Waals surface area (Å²) in [5.74, 6) is -7.36. The second-order valence-corrected chi connectivity index (χ2v) is 17.9. The first-order valence-corrected chi connectivity index (χ1v) is 21.7. The Hall–Kier alpha value is -2.55. The van der Waals surface area contributed by atoms with Crippen LogP contribution in [0.1, 0.15) is 132 Å². The molecule has 2 bridgehead atoms. The number of hydrogen-bond acceptors (Lipinski definition) is 11. The van der Waals surface area contributed by atoms with Gasteiger partial charge in [0, 0.05) is 45.4 Å². The number of hydrogen-bond donors (Lipinski definition) is 2. The molecule has 2 N–H and O–H groups in total. The standard InChI is InChI=1S/C45H72FNO11/c1-11-44(30(7)23-32-17-20-35(49)36(25-32)56-26(2)3)29(6)16-19-33(48)18-15-27(4)39(46)28(5)22-37(54-9)40-38(55-10)24-31(8)45(53,57-40)41(50)42(51)47-21-13-12-14-34(47)43(52)58-44/h15,23,26,28-29,31-32,34-40,49,53H,11-14,16-22,24-25H2,1-10H3/b27-15+,30-23?. The second kappa shape index (κ2) is 20.8. The van der Waals surface area contributed by atoms with E-state index < -0.39 is 77.5 Å². The third kappa shape index (κ3) is 10.8. The van der Waals surface area contributed by atoms with Crippen LogP contribution in [0, 0.1) is 23.7 Å². The van der Waals surface area contributed by atoms with Crippen LogP contribution < -0.4 is 0 Å². The van der Waals surface area contributed by atoms with Crippen molar-refractivity contribution in [2.45, 2.75) is 193 Å². The van der Waals surface area contributed by atoms with E-state index in [1.165, 1.54) is 19.1 Å². The van der Waals surface area contributed by atoms with Gasteiger partial charge in [0.25, 0.3) is 11.7 Å². The van der Waals surface area contributed by atoms with Crippen molar-refractivity contribution in [3.05, 3.63) is 23.3 Å². The maximum absolute atomic E-state index is 16.0. The van der Waals surface area contributed by atoms with E-state index in [2.05, 4.69) is 6.08 Å². The van der Waals surface area contributed by atoms with Crippen molar-refractivity contribution in [3.8, 4) is 0 Å². The number of Topliss-reactive ketones (excluding diaryl/α,β-unsaturated/α-hetero) is 2. The van der Waals surface area contributed by atoms with Crippen molar-refractivity contribution in [2.24, 2.45) is 23.7 Å². The summed E-state index contributed by atoms with van der Waals surface area (Å²) < 4.78 is 46.4. The molecule has 1 saturated carbocycles. The molecule has 0 aromatic heterocycles. The Morgan fingerprint density at radius 2 is 1.66 bits per heavy atom. The molecule has 1 aliphatic carbocycles. The summed E-state index contributed by atoms with van der Waals surface area (Å²) in [5.41, 5.74) is 0.0166. The molecule has 13 unspecified atom stereocenters. The minimum atomic E-state index is -2.57. The molecule has 3 heterocycles. The SMILES string of the molecule is CCC1(C(C)=CC2CCC(O)C(OC(C)C)C2)OC(=O)C2CCCCN2C(=O)C(=O)C2(O)OC(C(OC)CC(C)C(F)/C(C)=C/CC(=O)CCC1C)C(OC)CC2C. The molecule has 3 aliphatic heterocycles. The van der Waals surface area contributed by atoms with E-state index in [-0.39, 0.29) is 68.5 Å². The number of amides is 1. The van der Waals surface area contributed by atoms with E-state index >= 15 is 4.39 Å².